The molecule has 0 unspecified atom stereocenters. The SMILES string of the molecule is CCN(CC)S(=O)(=O)c1cc(C(=O)N2CCC(C(=O)NCc3ccco3)CC2)ccc1Cl. The number of halogens is 1. The number of piperidine rings is 1. The zero-order valence-corrected chi connectivity index (χ0v) is 19.8. The fourth-order valence-corrected chi connectivity index (χ4v) is 5.75. The van der Waals surface area contributed by atoms with Gasteiger partial charge < -0.3 is 14.6 Å². The number of amides is 2. The summed E-state index contributed by atoms with van der Waals surface area (Å²) >= 11 is 6.17. The number of nitrogens with one attached hydrogen (secondary N) is 1. The molecule has 0 atom stereocenters. The van der Waals surface area contributed by atoms with E-state index in [1.54, 1.807) is 37.1 Å². The predicted molar refractivity (Wildman–Crippen MR) is 121 cm³/mol. The second kappa shape index (κ2) is 10.5. The Balaban J connectivity index is 1.64. The third-order valence-corrected chi connectivity index (χ3v) is 8.20. The summed E-state index contributed by atoms with van der Waals surface area (Å²) in [5.74, 6) is 0.168. The summed E-state index contributed by atoms with van der Waals surface area (Å²) in [7, 11) is -3.79. The highest BCUT2D eigenvalue weighted by molar-refractivity contribution is 7.89. The first-order valence-electron chi connectivity index (χ1n) is 10.7. The molecule has 10 heteroatoms. The van der Waals surface area contributed by atoms with Crippen LogP contribution in [0.25, 0.3) is 0 Å². The molecular weight excluding hydrogens is 454 g/mol. The second-order valence-corrected chi connectivity index (χ2v) is 9.91. The van der Waals surface area contributed by atoms with Gasteiger partial charge in [0.2, 0.25) is 15.9 Å². The van der Waals surface area contributed by atoms with E-state index in [4.69, 9.17) is 16.0 Å². The Bertz CT molecular complexity index is 1040. The van der Waals surface area contributed by atoms with Crippen LogP contribution in [0.1, 0.15) is 42.8 Å². The van der Waals surface area contributed by atoms with Gasteiger partial charge >= 0.3 is 0 Å². The van der Waals surface area contributed by atoms with E-state index in [-0.39, 0.29) is 33.2 Å². The highest BCUT2D eigenvalue weighted by Gasteiger charge is 2.30. The van der Waals surface area contributed by atoms with Crippen LogP contribution >= 0.6 is 11.6 Å². The maximum absolute atomic E-state index is 13.0. The minimum absolute atomic E-state index is 0.0624. The Labute approximate surface area is 193 Å². The summed E-state index contributed by atoms with van der Waals surface area (Å²) in [6.45, 7) is 5.28. The van der Waals surface area contributed by atoms with Crippen LogP contribution in [0.3, 0.4) is 0 Å². The summed E-state index contributed by atoms with van der Waals surface area (Å²) in [5, 5.41) is 2.94. The van der Waals surface area contributed by atoms with Crippen molar-refractivity contribution in [3.05, 3.63) is 52.9 Å². The van der Waals surface area contributed by atoms with Gasteiger partial charge in [0.05, 0.1) is 17.8 Å². The zero-order valence-electron chi connectivity index (χ0n) is 18.2. The summed E-state index contributed by atoms with van der Waals surface area (Å²) < 4.78 is 32.3. The van der Waals surface area contributed by atoms with E-state index in [0.717, 1.165) is 0 Å². The number of furan rings is 1. The summed E-state index contributed by atoms with van der Waals surface area (Å²) in [6, 6.07) is 7.89. The molecule has 1 saturated heterocycles. The number of nitrogens with zero attached hydrogens (tertiary/aromatic N) is 2. The number of likely N-dealkylation sites (tertiary alicyclic amines) is 1. The lowest BCUT2D eigenvalue weighted by molar-refractivity contribution is -0.126. The Morgan fingerprint density at radius 2 is 1.88 bits per heavy atom. The average Bonchev–Trinajstić information content (AvgIpc) is 3.31. The highest BCUT2D eigenvalue weighted by Crippen LogP contribution is 2.27. The molecule has 0 bridgehead atoms. The largest absolute Gasteiger partial charge is 0.467 e. The maximum Gasteiger partial charge on any atom is 0.253 e. The molecule has 0 radical (unpaired) electrons. The number of carbonyl (C=O) groups excluding carboxylic acids is 2. The molecule has 1 aromatic carbocycles. The van der Waals surface area contributed by atoms with Crippen molar-refractivity contribution in [2.75, 3.05) is 26.2 Å². The van der Waals surface area contributed by atoms with Gasteiger partial charge in [0.25, 0.3) is 5.91 Å². The molecular formula is C22H28ClN3O5S. The van der Waals surface area contributed by atoms with Crippen molar-refractivity contribution in [2.45, 2.75) is 38.1 Å². The third-order valence-electron chi connectivity index (χ3n) is 5.67. The number of sulfonamides is 1. The first-order valence-corrected chi connectivity index (χ1v) is 12.5. The fourth-order valence-electron chi connectivity index (χ4n) is 3.80. The molecule has 2 heterocycles. The minimum Gasteiger partial charge on any atom is -0.467 e. The number of rotatable bonds is 8. The first-order chi connectivity index (χ1) is 15.3. The number of hydrogen-bond acceptors (Lipinski definition) is 5. The standard InChI is InChI=1S/C22H28ClN3O5S/c1-3-26(4-2)32(29,30)20-14-17(7-8-19(20)23)22(28)25-11-9-16(10-12-25)21(27)24-15-18-6-5-13-31-18/h5-8,13-14,16H,3-4,9-12,15H2,1-2H3,(H,24,27). The van der Waals surface area contributed by atoms with Crippen LogP contribution in [-0.4, -0.2) is 55.6 Å². The van der Waals surface area contributed by atoms with Gasteiger partial charge in [0.1, 0.15) is 10.7 Å². The lowest BCUT2D eigenvalue weighted by Gasteiger charge is -2.31. The van der Waals surface area contributed by atoms with Crippen LogP contribution < -0.4 is 5.32 Å². The van der Waals surface area contributed by atoms with Gasteiger partial charge in [0, 0.05) is 37.7 Å². The van der Waals surface area contributed by atoms with E-state index < -0.39 is 10.0 Å². The van der Waals surface area contributed by atoms with Gasteiger partial charge in [-0.15, -0.1) is 0 Å². The van der Waals surface area contributed by atoms with Crippen LogP contribution in [0.15, 0.2) is 45.9 Å². The molecule has 1 N–H and O–H groups in total. The van der Waals surface area contributed by atoms with Crippen molar-refractivity contribution < 1.29 is 22.4 Å². The van der Waals surface area contributed by atoms with Crippen molar-refractivity contribution >= 4 is 33.4 Å². The van der Waals surface area contributed by atoms with Crippen molar-refractivity contribution in [3.8, 4) is 0 Å². The zero-order chi connectivity index (χ0) is 23.3. The Hall–Kier alpha value is -2.36. The van der Waals surface area contributed by atoms with Crippen LogP contribution in [0, 0.1) is 5.92 Å². The van der Waals surface area contributed by atoms with Crippen molar-refractivity contribution in [2.24, 2.45) is 5.92 Å². The quantitative estimate of drug-likeness (QED) is 0.624. The van der Waals surface area contributed by atoms with E-state index in [1.165, 1.54) is 22.5 Å². The topological polar surface area (TPSA) is 99.9 Å². The Morgan fingerprint density at radius 3 is 2.47 bits per heavy atom. The van der Waals surface area contributed by atoms with Gasteiger partial charge in [-0.3, -0.25) is 9.59 Å². The molecule has 1 aromatic heterocycles. The third kappa shape index (κ3) is 5.33. The molecule has 0 saturated carbocycles. The smallest absolute Gasteiger partial charge is 0.253 e. The molecule has 3 rings (SSSR count). The van der Waals surface area contributed by atoms with Crippen molar-refractivity contribution in [3.63, 3.8) is 0 Å². The lowest BCUT2D eigenvalue weighted by Crippen LogP contribution is -2.43. The summed E-state index contributed by atoms with van der Waals surface area (Å²) in [4.78, 5) is 27.0. The molecule has 32 heavy (non-hydrogen) atoms. The van der Waals surface area contributed by atoms with Crippen LogP contribution in [-0.2, 0) is 21.4 Å². The molecule has 174 valence electrons. The van der Waals surface area contributed by atoms with Crippen molar-refractivity contribution in [1.82, 2.24) is 14.5 Å². The molecule has 1 fully saturated rings. The van der Waals surface area contributed by atoms with E-state index in [0.29, 0.717) is 51.3 Å². The van der Waals surface area contributed by atoms with Crippen LogP contribution in [0.2, 0.25) is 5.02 Å². The molecule has 0 spiro atoms. The molecule has 0 aliphatic carbocycles. The van der Waals surface area contributed by atoms with Gasteiger partial charge in [-0.1, -0.05) is 25.4 Å². The summed E-state index contributed by atoms with van der Waals surface area (Å²) in [6.07, 6.45) is 2.63. The highest BCUT2D eigenvalue weighted by atomic mass is 35.5. The molecule has 1 aliphatic rings. The van der Waals surface area contributed by atoms with E-state index in [2.05, 4.69) is 5.32 Å². The van der Waals surface area contributed by atoms with Gasteiger partial charge in [-0.25, -0.2) is 8.42 Å². The van der Waals surface area contributed by atoms with Gasteiger partial charge in [-0.05, 0) is 43.2 Å². The Morgan fingerprint density at radius 1 is 1.19 bits per heavy atom. The van der Waals surface area contributed by atoms with Crippen LogP contribution in [0.5, 0.6) is 0 Å². The molecule has 2 amide bonds. The van der Waals surface area contributed by atoms with Gasteiger partial charge in [0.15, 0.2) is 0 Å². The second-order valence-electron chi connectivity index (χ2n) is 7.60. The molecule has 1 aliphatic heterocycles. The van der Waals surface area contributed by atoms with E-state index in [9.17, 15) is 18.0 Å². The lowest BCUT2D eigenvalue weighted by atomic mass is 9.95. The monoisotopic (exact) mass is 481 g/mol. The minimum atomic E-state index is -3.79. The van der Waals surface area contributed by atoms with E-state index >= 15 is 0 Å². The molecule has 2 aromatic rings. The van der Waals surface area contributed by atoms with Crippen LogP contribution in [0.4, 0.5) is 0 Å². The molecule has 8 nitrogen and oxygen atoms in total. The van der Waals surface area contributed by atoms with Crippen molar-refractivity contribution in [1.29, 1.82) is 0 Å². The first kappa shape index (κ1) is 24.3. The number of benzene rings is 1. The fraction of sp³-hybridized carbons (Fsp3) is 0.455. The summed E-state index contributed by atoms with van der Waals surface area (Å²) in [5.41, 5.74) is 0.265. The number of hydrogen-bond donors (Lipinski definition) is 1. The Kier molecular flexibility index (Phi) is 7.97. The predicted octanol–water partition coefficient (Wildman–Crippen LogP) is 3.13. The van der Waals surface area contributed by atoms with Gasteiger partial charge in [-0.2, -0.15) is 4.31 Å². The van der Waals surface area contributed by atoms with E-state index in [1.807, 2.05) is 0 Å². The maximum atomic E-state index is 13.0. The number of carbonyl (C=O) groups is 2. The average molecular weight is 482 g/mol. The normalized spacial score (nSPS) is 15.2.